The second kappa shape index (κ2) is 18.5. The summed E-state index contributed by atoms with van der Waals surface area (Å²) in [5, 5.41) is 4.85. The molecule has 0 atom stereocenters. The van der Waals surface area contributed by atoms with Gasteiger partial charge in [0.1, 0.15) is 48.8 Å². The Balaban J connectivity index is 1.16. The molecule has 0 amide bonds. The smallest absolute Gasteiger partial charge is 0.148 e. The molecule has 0 saturated heterocycles. The van der Waals surface area contributed by atoms with Crippen LogP contribution in [0.25, 0.3) is 76.8 Å². The van der Waals surface area contributed by atoms with Gasteiger partial charge in [-0.2, -0.15) is 0 Å². The normalized spacial score (nSPS) is 11.4. The van der Waals surface area contributed by atoms with Gasteiger partial charge in [0.25, 0.3) is 0 Å². The lowest BCUT2D eigenvalue weighted by atomic mass is 9.66. The Labute approximate surface area is 427 Å². The summed E-state index contributed by atoms with van der Waals surface area (Å²) in [5.74, 6) is -2.03. The molecule has 0 N–H and O–H groups in total. The molecule has 0 heterocycles. The first-order chi connectivity index (χ1) is 35.7. The zero-order valence-electron chi connectivity index (χ0n) is 39.2. The van der Waals surface area contributed by atoms with Gasteiger partial charge in [0.2, 0.25) is 0 Å². The van der Waals surface area contributed by atoms with Crippen LogP contribution >= 0.6 is 0 Å². The van der Waals surface area contributed by atoms with E-state index in [9.17, 15) is 0 Å². The third-order valence-electron chi connectivity index (χ3n) is 13.9. The fourth-order valence-corrected chi connectivity index (χ4v) is 10.4. The van der Waals surface area contributed by atoms with E-state index >= 15 is 13.2 Å². The Bertz CT molecular complexity index is 4020. The molecule has 12 aromatic carbocycles. The van der Waals surface area contributed by atoms with E-state index in [0.29, 0.717) is 44.7 Å². The van der Waals surface area contributed by atoms with Gasteiger partial charge >= 0.3 is 0 Å². The Morgan fingerprint density at radius 3 is 1.12 bits per heavy atom. The van der Waals surface area contributed by atoms with E-state index in [1.54, 1.807) is 6.07 Å². The summed E-state index contributed by atoms with van der Waals surface area (Å²) >= 11 is 0. The number of para-hydroxylation sites is 1. The minimum atomic E-state index is -0.962. The number of benzene rings is 12. The minimum absolute atomic E-state index is 0.00824. The van der Waals surface area contributed by atoms with Crippen LogP contribution in [0.2, 0.25) is 0 Å². The molecule has 0 unspecified atom stereocenters. The van der Waals surface area contributed by atoms with Crippen molar-refractivity contribution in [2.75, 3.05) is 9.80 Å². The zero-order valence-corrected chi connectivity index (χ0v) is 39.2. The Morgan fingerprint density at radius 1 is 0.301 bits per heavy atom. The number of halogens is 3. The number of nitrogens with zero attached hydrogens (tertiary/aromatic N) is 2. The highest BCUT2D eigenvalue weighted by Gasteiger charge is 2.31. The number of rotatable bonds is 10. The molecule has 0 spiro atoms. The van der Waals surface area contributed by atoms with Crippen molar-refractivity contribution in [1.29, 1.82) is 0 Å². The topological polar surface area (TPSA) is 6.48 Å². The lowest BCUT2D eigenvalue weighted by Crippen LogP contribution is -2.50. The van der Waals surface area contributed by atoms with E-state index in [0.717, 1.165) is 54.9 Å². The molecular formula is C64H37B4F3N2. The third-order valence-corrected chi connectivity index (χ3v) is 13.9. The molecule has 73 heavy (non-hydrogen) atoms. The lowest BCUT2D eigenvalue weighted by molar-refractivity contribution is 0.624. The SMILES string of the molecule is [B]c1c([B])c([B])c(N(c2c(F)cc(-c3ccccc3)cc2-c2ccccc2)c2ccc3ccc4c(N(c5ccccc5)c5c(F)cc(-c6ccccc6)cc5-c5ccccc5)ccc5ccc2c3c54)c(F)c1[B]. The van der Waals surface area contributed by atoms with Crippen LogP contribution in [0.5, 0.6) is 0 Å². The summed E-state index contributed by atoms with van der Waals surface area (Å²) in [7, 11) is 26.1. The standard InChI is InChI=1S/C64H37B4F3N2/c65-57-58(66)60(68)64(61(71)59(57)67)73(63-50(41-22-12-4-13-23-41)35-45(37-52(63)70)39-18-8-2-9-19-39)54-33-29-43-26-30-47-53(32-28-42-27-31-48(54)56(43)55(42)47)72(46-24-14-5-15-25-46)62-49(40-20-10-3-11-21-40)34-44(36-51(62)69)38-16-6-1-7-17-38/h1-37H. The van der Waals surface area contributed by atoms with Gasteiger partial charge in [0, 0.05) is 27.6 Å². The van der Waals surface area contributed by atoms with E-state index in [-0.39, 0.29) is 27.8 Å². The van der Waals surface area contributed by atoms with Crippen molar-refractivity contribution in [3.8, 4) is 44.5 Å². The van der Waals surface area contributed by atoms with Crippen molar-refractivity contribution >= 4 is 120 Å². The van der Waals surface area contributed by atoms with Crippen LogP contribution < -0.4 is 31.7 Å². The Kier molecular flexibility index (Phi) is 11.5. The van der Waals surface area contributed by atoms with Gasteiger partial charge in [-0.3, -0.25) is 0 Å². The molecule has 0 bridgehead atoms. The predicted molar refractivity (Wildman–Crippen MR) is 303 cm³/mol. The summed E-state index contributed by atoms with van der Waals surface area (Å²) in [6.45, 7) is 0. The van der Waals surface area contributed by atoms with Crippen LogP contribution in [-0.4, -0.2) is 31.4 Å². The first-order valence-electron chi connectivity index (χ1n) is 23.8. The second-order valence-corrected chi connectivity index (χ2v) is 18.1. The number of hydrogen-bond donors (Lipinski definition) is 0. The second-order valence-electron chi connectivity index (χ2n) is 18.1. The summed E-state index contributed by atoms with van der Waals surface area (Å²) in [6.07, 6.45) is 0. The van der Waals surface area contributed by atoms with E-state index < -0.39 is 22.9 Å². The molecular weight excluding hydrogens is 897 g/mol. The van der Waals surface area contributed by atoms with Crippen molar-refractivity contribution in [3.05, 3.63) is 242 Å². The maximum atomic E-state index is 17.9. The van der Waals surface area contributed by atoms with Crippen molar-refractivity contribution in [2.24, 2.45) is 0 Å². The quantitative estimate of drug-likeness (QED) is 0.0996. The summed E-state index contributed by atoms with van der Waals surface area (Å²) in [5.41, 5.74) is 6.64. The molecule has 0 aliphatic rings. The van der Waals surface area contributed by atoms with Crippen LogP contribution in [0.4, 0.5) is 47.3 Å². The number of hydrogen-bond acceptors (Lipinski definition) is 2. The zero-order chi connectivity index (χ0) is 49.9. The van der Waals surface area contributed by atoms with Gasteiger partial charge in [-0.25, -0.2) is 13.2 Å². The Morgan fingerprint density at radius 2 is 0.671 bits per heavy atom. The monoisotopic (exact) mass is 934 g/mol. The van der Waals surface area contributed by atoms with Crippen LogP contribution in [0.15, 0.2) is 224 Å². The highest BCUT2D eigenvalue weighted by molar-refractivity contribution is 6.64. The van der Waals surface area contributed by atoms with Crippen LogP contribution in [0.3, 0.4) is 0 Å². The van der Waals surface area contributed by atoms with Crippen molar-refractivity contribution < 1.29 is 13.2 Å². The van der Waals surface area contributed by atoms with E-state index in [1.165, 1.54) is 11.0 Å². The maximum Gasteiger partial charge on any atom is 0.148 e. The molecule has 0 aliphatic heterocycles. The molecule has 0 aliphatic carbocycles. The molecule has 336 valence electrons. The largest absolute Gasteiger partial charge is 0.307 e. The van der Waals surface area contributed by atoms with Gasteiger partial charge < -0.3 is 9.80 Å². The molecule has 0 saturated carbocycles. The maximum absolute atomic E-state index is 17.9. The van der Waals surface area contributed by atoms with Gasteiger partial charge in [-0.15, -0.1) is 10.9 Å². The van der Waals surface area contributed by atoms with Crippen LogP contribution in [-0.2, 0) is 0 Å². The van der Waals surface area contributed by atoms with Crippen molar-refractivity contribution in [2.45, 2.75) is 0 Å². The first kappa shape index (κ1) is 45.5. The molecule has 12 aromatic rings. The van der Waals surface area contributed by atoms with E-state index in [2.05, 4.69) is 6.07 Å². The average Bonchev–Trinajstić information content (AvgIpc) is 3.44. The minimum Gasteiger partial charge on any atom is -0.307 e. The van der Waals surface area contributed by atoms with Gasteiger partial charge in [-0.05, 0) is 103 Å². The van der Waals surface area contributed by atoms with Crippen molar-refractivity contribution in [1.82, 2.24) is 0 Å². The fourth-order valence-electron chi connectivity index (χ4n) is 10.4. The van der Waals surface area contributed by atoms with Crippen LogP contribution in [0.1, 0.15) is 0 Å². The van der Waals surface area contributed by atoms with Crippen LogP contribution in [0, 0.1) is 17.5 Å². The summed E-state index contributed by atoms with van der Waals surface area (Å²) < 4.78 is 52.9. The van der Waals surface area contributed by atoms with Gasteiger partial charge in [0.05, 0.1) is 28.4 Å². The predicted octanol–water partition coefficient (Wildman–Crippen LogP) is 13.8. The highest BCUT2D eigenvalue weighted by atomic mass is 19.1. The Hall–Kier alpha value is -8.67. The van der Waals surface area contributed by atoms with E-state index in [4.69, 9.17) is 31.4 Å². The lowest BCUT2D eigenvalue weighted by Gasteiger charge is -2.34. The third kappa shape index (κ3) is 7.75. The molecule has 8 radical (unpaired) electrons. The molecule has 0 fully saturated rings. The fraction of sp³-hybridized carbons (Fsp3) is 0. The van der Waals surface area contributed by atoms with E-state index in [1.807, 2.05) is 211 Å². The average molecular weight is 934 g/mol. The summed E-state index contributed by atoms with van der Waals surface area (Å²) in [6, 6.07) is 71.0. The molecule has 2 nitrogen and oxygen atoms in total. The van der Waals surface area contributed by atoms with Crippen molar-refractivity contribution in [3.63, 3.8) is 0 Å². The molecule has 12 rings (SSSR count). The highest BCUT2D eigenvalue weighted by Crippen LogP contribution is 2.51. The van der Waals surface area contributed by atoms with Gasteiger partial charge in [-0.1, -0.05) is 187 Å². The number of anilines is 6. The summed E-state index contributed by atoms with van der Waals surface area (Å²) in [4.78, 5) is 3.47. The molecule has 9 heteroatoms. The first-order valence-corrected chi connectivity index (χ1v) is 23.8. The van der Waals surface area contributed by atoms with Gasteiger partial charge in [0.15, 0.2) is 0 Å². The molecule has 0 aromatic heterocycles.